The standard InChI is InChI=1S/C15H21N5O2.HI/c1-16-15(17-10-13-2-8-21-12-13)20-6-4-19(5-7-20)11-14-3-9-22-18-14;/h2-3,8-9,12H,4-7,10-11H2,1H3,(H,16,17);1H. The topological polar surface area (TPSA) is 70.0 Å². The second kappa shape index (κ2) is 8.92. The molecule has 2 aromatic rings. The molecule has 1 fully saturated rings. The van der Waals surface area contributed by atoms with Crippen LogP contribution in [-0.4, -0.2) is 54.1 Å². The molecule has 3 rings (SSSR count). The summed E-state index contributed by atoms with van der Waals surface area (Å²) in [7, 11) is 1.82. The van der Waals surface area contributed by atoms with E-state index >= 15 is 0 Å². The van der Waals surface area contributed by atoms with E-state index in [2.05, 4.69) is 25.3 Å². The molecule has 0 atom stereocenters. The fourth-order valence-electron chi connectivity index (χ4n) is 2.57. The fourth-order valence-corrected chi connectivity index (χ4v) is 2.57. The van der Waals surface area contributed by atoms with E-state index in [1.165, 1.54) is 0 Å². The quantitative estimate of drug-likeness (QED) is 0.452. The average Bonchev–Trinajstić information content (AvgIpc) is 3.23. The van der Waals surface area contributed by atoms with E-state index < -0.39 is 0 Å². The van der Waals surface area contributed by atoms with Gasteiger partial charge in [-0.1, -0.05) is 5.16 Å². The van der Waals surface area contributed by atoms with Crippen LogP contribution in [0, 0.1) is 0 Å². The summed E-state index contributed by atoms with van der Waals surface area (Å²) < 4.78 is 9.95. The Kier molecular flexibility index (Phi) is 6.90. The SMILES string of the molecule is CN=C(NCc1ccoc1)N1CCN(Cc2ccon2)CC1.I. The van der Waals surface area contributed by atoms with E-state index in [4.69, 9.17) is 8.94 Å². The van der Waals surface area contributed by atoms with Crippen LogP contribution in [-0.2, 0) is 13.1 Å². The molecule has 8 heteroatoms. The lowest BCUT2D eigenvalue weighted by atomic mass is 10.3. The first-order chi connectivity index (χ1) is 10.8. The van der Waals surface area contributed by atoms with Crippen molar-refractivity contribution >= 4 is 29.9 Å². The maximum atomic E-state index is 5.08. The Labute approximate surface area is 152 Å². The van der Waals surface area contributed by atoms with E-state index in [-0.39, 0.29) is 24.0 Å². The van der Waals surface area contributed by atoms with E-state index in [0.717, 1.165) is 56.5 Å². The van der Waals surface area contributed by atoms with Gasteiger partial charge in [0, 0.05) is 57.9 Å². The van der Waals surface area contributed by atoms with Gasteiger partial charge in [-0.05, 0) is 6.07 Å². The van der Waals surface area contributed by atoms with Crippen molar-refractivity contribution in [3.63, 3.8) is 0 Å². The maximum absolute atomic E-state index is 5.08. The maximum Gasteiger partial charge on any atom is 0.194 e. The predicted molar refractivity (Wildman–Crippen MR) is 97.7 cm³/mol. The molecule has 0 saturated carbocycles. The minimum absolute atomic E-state index is 0. The number of aliphatic imine (C=N–C) groups is 1. The molecule has 1 N–H and O–H groups in total. The summed E-state index contributed by atoms with van der Waals surface area (Å²) in [5, 5.41) is 7.34. The summed E-state index contributed by atoms with van der Waals surface area (Å²) in [5.41, 5.74) is 2.10. The van der Waals surface area contributed by atoms with Gasteiger partial charge in [0.25, 0.3) is 0 Å². The average molecular weight is 431 g/mol. The number of nitrogens with zero attached hydrogens (tertiary/aromatic N) is 4. The highest BCUT2D eigenvalue weighted by molar-refractivity contribution is 14.0. The van der Waals surface area contributed by atoms with Crippen LogP contribution in [0.25, 0.3) is 0 Å². The first-order valence-electron chi connectivity index (χ1n) is 7.43. The van der Waals surface area contributed by atoms with Gasteiger partial charge in [0.1, 0.15) is 6.26 Å². The lowest BCUT2D eigenvalue weighted by Gasteiger charge is -2.36. The van der Waals surface area contributed by atoms with Crippen LogP contribution in [0.4, 0.5) is 0 Å². The van der Waals surface area contributed by atoms with Gasteiger partial charge in [-0.25, -0.2) is 0 Å². The summed E-state index contributed by atoms with van der Waals surface area (Å²) in [4.78, 5) is 9.02. The Balaban J connectivity index is 0.00000192. The van der Waals surface area contributed by atoms with E-state index in [0.29, 0.717) is 0 Å². The molecular formula is C15H22IN5O2. The van der Waals surface area contributed by atoms with Gasteiger partial charge in [0.2, 0.25) is 0 Å². The van der Waals surface area contributed by atoms with Crippen LogP contribution in [0.15, 0.2) is 44.9 Å². The molecule has 0 amide bonds. The van der Waals surface area contributed by atoms with Crippen molar-refractivity contribution in [2.75, 3.05) is 33.2 Å². The molecule has 126 valence electrons. The van der Waals surface area contributed by atoms with Gasteiger partial charge < -0.3 is 19.2 Å². The molecular weight excluding hydrogens is 409 g/mol. The van der Waals surface area contributed by atoms with Gasteiger partial charge in [-0.15, -0.1) is 24.0 Å². The molecule has 0 aliphatic carbocycles. The molecule has 2 aromatic heterocycles. The Bertz CT molecular complexity index is 577. The number of furan rings is 1. The normalized spacial score (nSPS) is 16.2. The number of halogens is 1. The van der Waals surface area contributed by atoms with Crippen molar-refractivity contribution in [3.8, 4) is 0 Å². The third-order valence-electron chi connectivity index (χ3n) is 3.79. The van der Waals surface area contributed by atoms with Crippen molar-refractivity contribution in [1.29, 1.82) is 0 Å². The highest BCUT2D eigenvalue weighted by Crippen LogP contribution is 2.07. The van der Waals surface area contributed by atoms with E-state index in [9.17, 15) is 0 Å². The first-order valence-corrected chi connectivity index (χ1v) is 7.43. The monoisotopic (exact) mass is 431 g/mol. The van der Waals surface area contributed by atoms with Gasteiger partial charge in [0.15, 0.2) is 5.96 Å². The second-order valence-corrected chi connectivity index (χ2v) is 5.29. The third kappa shape index (κ3) is 4.96. The molecule has 1 aliphatic heterocycles. The smallest absolute Gasteiger partial charge is 0.194 e. The lowest BCUT2D eigenvalue weighted by molar-refractivity contribution is 0.169. The number of aromatic nitrogens is 1. The molecule has 1 saturated heterocycles. The van der Waals surface area contributed by atoms with Crippen LogP contribution in [0.2, 0.25) is 0 Å². The Hall–Kier alpha value is -1.55. The third-order valence-corrected chi connectivity index (χ3v) is 3.79. The van der Waals surface area contributed by atoms with E-state index in [1.54, 1.807) is 18.8 Å². The summed E-state index contributed by atoms with van der Waals surface area (Å²) in [6, 6.07) is 3.87. The van der Waals surface area contributed by atoms with Crippen molar-refractivity contribution in [2.45, 2.75) is 13.1 Å². The molecule has 0 bridgehead atoms. The zero-order valence-electron chi connectivity index (χ0n) is 13.1. The van der Waals surface area contributed by atoms with Crippen LogP contribution < -0.4 is 5.32 Å². The molecule has 23 heavy (non-hydrogen) atoms. The summed E-state index contributed by atoms with van der Waals surface area (Å²) in [6.07, 6.45) is 5.05. The Morgan fingerprint density at radius 3 is 2.70 bits per heavy atom. The Morgan fingerprint density at radius 2 is 2.09 bits per heavy atom. The highest BCUT2D eigenvalue weighted by atomic mass is 127. The number of piperazine rings is 1. The minimum atomic E-state index is 0. The summed E-state index contributed by atoms with van der Waals surface area (Å²) in [5.74, 6) is 0.933. The lowest BCUT2D eigenvalue weighted by Crippen LogP contribution is -2.52. The largest absolute Gasteiger partial charge is 0.472 e. The van der Waals surface area contributed by atoms with Crippen LogP contribution in [0.1, 0.15) is 11.3 Å². The van der Waals surface area contributed by atoms with Crippen molar-refractivity contribution < 1.29 is 8.94 Å². The summed E-state index contributed by atoms with van der Waals surface area (Å²) in [6.45, 7) is 5.43. The van der Waals surface area contributed by atoms with Gasteiger partial charge >= 0.3 is 0 Å². The molecule has 3 heterocycles. The van der Waals surface area contributed by atoms with Crippen molar-refractivity contribution in [2.24, 2.45) is 4.99 Å². The number of hydrogen-bond acceptors (Lipinski definition) is 5. The second-order valence-electron chi connectivity index (χ2n) is 5.29. The van der Waals surface area contributed by atoms with Gasteiger partial charge in [-0.2, -0.15) is 0 Å². The number of hydrogen-bond donors (Lipinski definition) is 1. The van der Waals surface area contributed by atoms with Crippen LogP contribution in [0.5, 0.6) is 0 Å². The van der Waals surface area contributed by atoms with Crippen LogP contribution >= 0.6 is 24.0 Å². The first kappa shape index (κ1) is 17.8. The zero-order chi connectivity index (χ0) is 15.2. The molecule has 0 aromatic carbocycles. The number of nitrogens with one attached hydrogen (secondary N) is 1. The highest BCUT2D eigenvalue weighted by Gasteiger charge is 2.20. The fraction of sp³-hybridized carbons (Fsp3) is 0.467. The summed E-state index contributed by atoms with van der Waals surface area (Å²) >= 11 is 0. The Morgan fingerprint density at radius 1 is 1.26 bits per heavy atom. The predicted octanol–water partition coefficient (Wildman–Crippen LogP) is 1.78. The van der Waals surface area contributed by atoms with E-state index in [1.807, 2.05) is 19.2 Å². The number of rotatable bonds is 4. The molecule has 0 spiro atoms. The zero-order valence-corrected chi connectivity index (χ0v) is 15.5. The van der Waals surface area contributed by atoms with Crippen LogP contribution in [0.3, 0.4) is 0 Å². The van der Waals surface area contributed by atoms with Crippen molar-refractivity contribution in [1.82, 2.24) is 20.3 Å². The molecule has 0 radical (unpaired) electrons. The van der Waals surface area contributed by atoms with Crippen molar-refractivity contribution in [3.05, 3.63) is 42.2 Å². The molecule has 7 nitrogen and oxygen atoms in total. The van der Waals surface area contributed by atoms with Gasteiger partial charge in [-0.3, -0.25) is 9.89 Å². The molecule has 1 aliphatic rings. The van der Waals surface area contributed by atoms with Gasteiger partial charge in [0.05, 0.1) is 18.2 Å². The number of guanidine groups is 1. The molecule has 0 unspecified atom stereocenters. The minimum Gasteiger partial charge on any atom is -0.472 e.